The molecule has 4 rings (SSSR count). The predicted octanol–water partition coefficient (Wildman–Crippen LogP) is 7.47. The van der Waals surface area contributed by atoms with Gasteiger partial charge in [-0.05, 0) is 63.2 Å². The second-order valence-electron chi connectivity index (χ2n) is 13.3. The zero-order valence-electron chi connectivity index (χ0n) is 26.1. The molecule has 0 spiro atoms. The second kappa shape index (κ2) is 16.8. The summed E-state index contributed by atoms with van der Waals surface area (Å²) >= 11 is 2.30. The number of ether oxygens (including phenoxy) is 6. The number of halogens is 2. The molecule has 7 nitrogen and oxygen atoms in total. The molecular formula is C33H54FIO7. The van der Waals surface area contributed by atoms with Crippen LogP contribution in [0.25, 0.3) is 0 Å². The van der Waals surface area contributed by atoms with Crippen LogP contribution in [-0.2, 0) is 33.2 Å². The van der Waals surface area contributed by atoms with E-state index in [0.29, 0.717) is 32.3 Å². The average Bonchev–Trinajstić information content (AvgIpc) is 3.50. The zero-order chi connectivity index (χ0) is 30.1. The maximum Gasteiger partial charge on any atom is 0.305 e. The Balaban J connectivity index is 1.51. The summed E-state index contributed by atoms with van der Waals surface area (Å²) in [5.74, 6) is -0.658. The summed E-state index contributed by atoms with van der Waals surface area (Å²) < 4.78 is 52.6. The van der Waals surface area contributed by atoms with E-state index in [-0.39, 0.29) is 58.0 Å². The first kappa shape index (κ1) is 34.5. The molecule has 1 aliphatic carbocycles. The van der Waals surface area contributed by atoms with Crippen molar-refractivity contribution in [3.05, 3.63) is 12.2 Å². The summed E-state index contributed by atoms with van der Waals surface area (Å²) in [6, 6.07) is 0. The van der Waals surface area contributed by atoms with Crippen molar-refractivity contribution in [3.63, 3.8) is 0 Å². The Bertz CT molecular complexity index is 844. The molecule has 9 heteroatoms. The molecule has 3 saturated heterocycles. The van der Waals surface area contributed by atoms with Crippen molar-refractivity contribution in [2.45, 2.75) is 151 Å². The topological polar surface area (TPSA) is 72.5 Å². The highest BCUT2D eigenvalue weighted by atomic mass is 127. The number of hydrogen-bond donors (Lipinski definition) is 0. The van der Waals surface area contributed by atoms with Crippen molar-refractivity contribution in [1.82, 2.24) is 0 Å². The fourth-order valence-electron chi connectivity index (χ4n) is 6.98. The molecule has 3 aliphatic heterocycles. The van der Waals surface area contributed by atoms with Crippen LogP contribution in [0.4, 0.5) is 4.39 Å². The minimum atomic E-state index is -1.11. The van der Waals surface area contributed by atoms with Crippen LogP contribution in [0.3, 0.4) is 0 Å². The van der Waals surface area contributed by atoms with Gasteiger partial charge in [-0.1, -0.05) is 68.4 Å². The SMILES string of the molecule is CCCCC(C)(C)[C@@H](C=C[C@@H]1[C@H]2[C@H](F)C(C(I)CCCC(=O)OC)O[C@@H]2C[C@H]1OC1CCCCO1)OC1CCCCO1. The Labute approximate surface area is 266 Å². The lowest BCUT2D eigenvalue weighted by Gasteiger charge is -2.37. The average molecular weight is 709 g/mol. The molecule has 0 aromatic heterocycles. The predicted molar refractivity (Wildman–Crippen MR) is 168 cm³/mol. The van der Waals surface area contributed by atoms with Crippen molar-refractivity contribution >= 4 is 28.6 Å². The molecule has 10 atom stereocenters. The lowest BCUT2D eigenvalue weighted by Crippen LogP contribution is -2.38. The number of carbonyl (C=O) groups excluding carboxylic acids is 1. The number of carbonyl (C=O) groups is 1. The van der Waals surface area contributed by atoms with E-state index in [1.165, 1.54) is 7.11 Å². The van der Waals surface area contributed by atoms with E-state index in [0.717, 1.165) is 64.4 Å². The van der Waals surface area contributed by atoms with E-state index < -0.39 is 12.3 Å². The minimum Gasteiger partial charge on any atom is -0.469 e. The van der Waals surface area contributed by atoms with Gasteiger partial charge in [0.05, 0.1) is 25.4 Å². The standard InChI is InChI=1S/C33H54FIO7/c1-5-6-18-33(2,3)26(42-29-15-8-10-20-39-29)17-16-22-24(40-28-14-7-9-19-38-28)21-25-30(22)31(34)32(41-25)23(35)12-11-13-27(36)37-4/h16-17,22-26,28-32H,5-15,18-21H2,1-4H3/t22-,23?,24+,25+,26+,28?,29?,30+,31-,32?/m0/s1. The lowest BCUT2D eigenvalue weighted by molar-refractivity contribution is -0.198. The van der Waals surface area contributed by atoms with E-state index in [9.17, 15) is 4.79 Å². The number of unbranched alkanes of at least 4 members (excludes halogenated alkanes) is 1. The van der Waals surface area contributed by atoms with Gasteiger partial charge in [0, 0.05) is 41.8 Å². The summed E-state index contributed by atoms with van der Waals surface area (Å²) in [7, 11) is 1.40. The molecule has 3 heterocycles. The Morgan fingerprint density at radius 2 is 1.81 bits per heavy atom. The molecule has 42 heavy (non-hydrogen) atoms. The number of rotatable bonds is 15. The molecular weight excluding hydrogens is 654 g/mol. The van der Waals surface area contributed by atoms with E-state index in [1.54, 1.807) is 0 Å². The maximum atomic E-state index is 16.4. The molecule has 0 N–H and O–H groups in total. The molecule has 4 fully saturated rings. The molecule has 0 aromatic rings. The summed E-state index contributed by atoms with van der Waals surface area (Å²) in [6.45, 7) is 8.19. The molecule has 1 saturated carbocycles. The van der Waals surface area contributed by atoms with Gasteiger partial charge in [0.15, 0.2) is 12.6 Å². The van der Waals surface area contributed by atoms with Crippen LogP contribution in [-0.4, -0.2) is 73.4 Å². The van der Waals surface area contributed by atoms with E-state index in [1.807, 2.05) is 0 Å². The van der Waals surface area contributed by atoms with Gasteiger partial charge >= 0.3 is 5.97 Å². The first-order valence-corrected chi connectivity index (χ1v) is 17.7. The Morgan fingerprint density at radius 1 is 1.10 bits per heavy atom. The van der Waals surface area contributed by atoms with Crippen molar-refractivity contribution in [2.24, 2.45) is 17.3 Å². The van der Waals surface area contributed by atoms with Crippen molar-refractivity contribution in [2.75, 3.05) is 20.3 Å². The summed E-state index contributed by atoms with van der Waals surface area (Å²) in [5.41, 5.74) is -0.0923. The Morgan fingerprint density at radius 3 is 2.45 bits per heavy atom. The van der Waals surface area contributed by atoms with Crippen LogP contribution < -0.4 is 0 Å². The fraction of sp³-hybridized carbons (Fsp3) is 0.909. The highest BCUT2D eigenvalue weighted by Gasteiger charge is 2.57. The molecule has 4 unspecified atom stereocenters. The highest BCUT2D eigenvalue weighted by Crippen LogP contribution is 2.49. The largest absolute Gasteiger partial charge is 0.469 e. The summed E-state index contributed by atoms with van der Waals surface area (Å²) in [4.78, 5) is 11.6. The van der Waals surface area contributed by atoms with Crippen LogP contribution in [0.5, 0.6) is 0 Å². The summed E-state index contributed by atoms with van der Waals surface area (Å²) in [6.07, 6.45) is 13.5. The van der Waals surface area contributed by atoms with Gasteiger partial charge in [-0.25, -0.2) is 4.39 Å². The van der Waals surface area contributed by atoms with Gasteiger partial charge in [-0.3, -0.25) is 4.79 Å². The summed E-state index contributed by atoms with van der Waals surface area (Å²) in [5, 5.41) is 0. The number of esters is 1. The number of methoxy groups -OCH3 is 1. The zero-order valence-corrected chi connectivity index (χ0v) is 28.3. The van der Waals surface area contributed by atoms with Gasteiger partial charge < -0.3 is 28.4 Å². The fourth-order valence-corrected chi connectivity index (χ4v) is 7.99. The van der Waals surface area contributed by atoms with Crippen molar-refractivity contribution in [3.8, 4) is 0 Å². The number of alkyl halides is 2. The molecule has 4 aliphatic rings. The third-order valence-corrected chi connectivity index (χ3v) is 10.9. The maximum absolute atomic E-state index is 16.4. The minimum absolute atomic E-state index is 0.0222. The monoisotopic (exact) mass is 708 g/mol. The van der Waals surface area contributed by atoms with Gasteiger partial charge in [0.25, 0.3) is 0 Å². The first-order chi connectivity index (χ1) is 20.2. The number of hydrogen-bond acceptors (Lipinski definition) is 7. The third kappa shape index (κ3) is 9.35. The van der Waals surface area contributed by atoms with Crippen LogP contribution >= 0.6 is 22.6 Å². The van der Waals surface area contributed by atoms with Crippen LogP contribution in [0, 0.1) is 17.3 Å². The quantitative estimate of drug-likeness (QED) is 0.0757. The highest BCUT2D eigenvalue weighted by molar-refractivity contribution is 14.1. The van der Waals surface area contributed by atoms with Crippen molar-refractivity contribution in [1.29, 1.82) is 0 Å². The molecule has 0 aromatic carbocycles. The molecule has 0 radical (unpaired) electrons. The first-order valence-electron chi connectivity index (χ1n) is 16.5. The smallest absolute Gasteiger partial charge is 0.305 e. The number of fused-ring (bicyclic) bond motifs is 1. The van der Waals surface area contributed by atoms with Crippen LogP contribution in [0.1, 0.15) is 104 Å². The van der Waals surface area contributed by atoms with Gasteiger partial charge in [0.1, 0.15) is 12.3 Å². The second-order valence-corrected chi connectivity index (χ2v) is 14.9. The molecule has 0 bridgehead atoms. The van der Waals surface area contributed by atoms with Crippen LogP contribution in [0.2, 0.25) is 0 Å². The normalized spacial score (nSPS) is 35.3. The Kier molecular flexibility index (Phi) is 13.8. The van der Waals surface area contributed by atoms with E-state index in [4.69, 9.17) is 28.4 Å². The van der Waals surface area contributed by atoms with Gasteiger partial charge in [0.2, 0.25) is 0 Å². The van der Waals surface area contributed by atoms with Gasteiger partial charge in [-0.15, -0.1) is 0 Å². The van der Waals surface area contributed by atoms with Gasteiger partial charge in [-0.2, -0.15) is 0 Å². The molecule has 0 amide bonds. The molecule has 242 valence electrons. The third-order valence-electron chi connectivity index (χ3n) is 9.58. The van der Waals surface area contributed by atoms with Crippen LogP contribution in [0.15, 0.2) is 12.2 Å². The van der Waals surface area contributed by atoms with Crippen molar-refractivity contribution < 1.29 is 37.6 Å². The van der Waals surface area contributed by atoms with E-state index in [2.05, 4.69) is 55.5 Å². The van der Waals surface area contributed by atoms with E-state index >= 15 is 4.39 Å². The lowest BCUT2D eigenvalue weighted by atomic mass is 9.80. The Hall–Kier alpha value is -0.330.